The Morgan fingerprint density at radius 2 is 2.05 bits per heavy atom. The zero-order valence-electron chi connectivity index (χ0n) is 13.5. The van der Waals surface area contributed by atoms with Gasteiger partial charge in [0, 0.05) is 45.9 Å². The molecule has 0 radical (unpaired) electrons. The van der Waals surface area contributed by atoms with E-state index in [1.54, 1.807) is 7.11 Å². The number of ether oxygens (including phenoxy) is 1. The van der Waals surface area contributed by atoms with Gasteiger partial charge in [0.25, 0.3) is 0 Å². The highest BCUT2D eigenvalue weighted by molar-refractivity contribution is 5.79. The summed E-state index contributed by atoms with van der Waals surface area (Å²) in [4.78, 5) is 7.02. The van der Waals surface area contributed by atoms with Crippen LogP contribution < -0.4 is 10.6 Å². The summed E-state index contributed by atoms with van der Waals surface area (Å²) in [5.41, 5.74) is 0. The van der Waals surface area contributed by atoms with Crippen LogP contribution in [-0.2, 0) is 4.74 Å². The van der Waals surface area contributed by atoms with Crippen molar-refractivity contribution in [2.75, 3.05) is 46.9 Å². The number of methoxy groups -OCH3 is 1. The highest BCUT2D eigenvalue weighted by Gasteiger charge is 2.18. The predicted octanol–water partition coefficient (Wildman–Crippen LogP) is 1.45. The molecule has 0 aliphatic heterocycles. The second-order valence-electron chi connectivity index (χ2n) is 5.45. The maximum Gasteiger partial charge on any atom is 0.191 e. The van der Waals surface area contributed by atoms with E-state index in [4.69, 9.17) is 4.74 Å². The summed E-state index contributed by atoms with van der Waals surface area (Å²) in [6.07, 6.45) is 6.48. The second-order valence-corrected chi connectivity index (χ2v) is 5.45. The van der Waals surface area contributed by atoms with Gasteiger partial charge in [-0.3, -0.25) is 4.99 Å². The van der Waals surface area contributed by atoms with Crippen molar-refractivity contribution in [3.05, 3.63) is 0 Å². The maximum atomic E-state index is 5.04. The van der Waals surface area contributed by atoms with Gasteiger partial charge < -0.3 is 20.3 Å². The summed E-state index contributed by atoms with van der Waals surface area (Å²) in [7, 11) is 3.96. The summed E-state index contributed by atoms with van der Waals surface area (Å²) in [6, 6.07) is 0.790. The van der Waals surface area contributed by atoms with Crippen molar-refractivity contribution < 1.29 is 4.74 Å². The Bertz CT molecular complexity index is 265. The fourth-order valence-electron chi connectivity index (χ4n) is 2.62. The quantitative estimate of drug-likeness (QED) is 0.382. The molecule has 1 aliphatic carbocycles. The first-order chi connectivity index (χ1) is 9.77. The molecule has 0 spiro atoms. The van der Waals surface area contributed by atoms with Crippen LogP contribution in [0.2, 0.25) is 0 Å². The molecule has 5 nitrogen and oxygen atoms in total. The molecule has 0 aromatic carbocycles. The second kappa shape index (κ2) is 10.9. The lowest BCUT2D eigenvalue weighted by Crippen LogP contribution is -2.42. The molecule has 0 atom stereocenters. The van der Waals surface area contributed by atoms with Crippen molar-refractivity contribution in [3.63, 3.8) is 0 Å². The van der Waals surface area contributed by atoms with Gasteiger partial charge in [-0.1, -0.05) is 12.8 Å². The van der Waals surface area contributed by atoms with E-state index in [0.717, 1.165) is 51.2 Å². The molecule has 1 aliphatic rings. The number of likely N-dealkylation sites (N-methyl/N-ethyl adjacent to an activating group) is 1. The number of hydrogen-bond acceptors (Lipinski definition) is 3. The molecule has 20 heavy (non-hydrogen) atoms. The van der Waals surface area contributed by atoms with E-state index >= 15 is 0 Å². The summed E-state index contributed by atoms with van der Waals surface area (Å²) >= 11 is 0. The van der Waals surface area contributed by atoms with E-state index in [1.165, 1.54) is 25.7 Å². The number of nitrogens with one attached hydrogen (secondary N) is 2. The lowest BCUT2D eigenvalue weighted by atomic mass is 10.2. The van der Waals surface area contributed by atoms with Gasteiger partial charge in [0.2, 0.25) is 0 Å². The lowest BCUT2D eigenvalue weighted by molar-refractivity contribution is 0.197. The molecule has 0 aromatic heterocycles. The molecule has 0 heterocycles. The molecule has 0 unspecified atom stereocenters. The van der Waals surface area contributed by atoms with Gasteiger partial charge in [0.05, 0.1) is 0 Å². The van der Waals surface area contributed by atoms with Crippen LogP contribution in [0.1, 0.15) is 39.0 Å². The third-order valence-electron chi connectivity index (χ3n) is 3.83. The third-order valence-corrected chi connectivity index (χ3v) is 3.83. The van der Waals surface area contributed by atoms with Gasteiger partial charge in [-0.25, -0.2) is 0 Å². The number of nitrogens with zero attached hydrogens (tertiary/aromatic N) is 2. The van der Waals surface area contributed by atoms with Gasteiger partial charge >= 0.3 is 0 Å². The number of rotatable bonds is 9. The molecule has 0 aromatic rings. The van der Waals surface area contributed by atoms with Crippen molar-refractivity contribution in [2.24, 2.45) is 4.99 Å². The van der Waals surface area contributed by atoms with Crippen molar-refractivity contribution >= 4 is 5.96 Å². The Balaban J connectivity index is 2.19. The molecule has 0 saturated heterocycles. The fourth-order valence-corrected chi connectivity index (χ4v) is 2.62. The van der Waals surface area contributed by atoms with E-state index in [-0.39, 0.29) is 0 Å². The van der Waals surface area contributed by atoms with Crippen LogP contribution in [0, 0.1) is 0 Å². The number of aliphatic imine (C=N–C) groups is 1. The van der Waals surface area contributed by atoms with Crippen LogP contribution in [0.25, 0.3) is 0 Å². The molecular weight excluding hydrogens is 252 g/mol. The number of guanidine groups is 1. The van der Waals surface area contributed by atoms with Gasteiger partial charge in [0.1, 0.15) is 0 Å². The van der Waals surface area contributed by atoms with E-state index in [9.17, 15) is 0 Å². The minimum atomic E-state index is 0.771. The zero-order chi connectivity index (χ0) is 14.6. The highest BCUT2D eigenvalue weighted by atomic mass is 16.5. The van der Waals surface area contributed by atoms with Crippen LogP contribution in [0.15, 0.2) is 4.99 Å². The zero-order valence-corrected chi connectivity index (χ0v) is 13.5. The van der Waals surface area contributed by atoms with Crippen molar-refractivity contribution in [3.8, 4) is 0 Å². The average molecular weight is 284 g/mol. The Morgan fingerprint density at radius 3 is 2.70 bits per heavy atom. The third kappa shape index (κ3) is 7.10. The van der Waals surface area contributed by atoms with Crippen LogP contribution >= 0.6 is 0 Å². The lowest BCUT2D eigenvalue weighted by Gasteiger charge is -2.24. The normalized spacial score (nSPS) is 16.9. The van der Waals surface area contributed by atoms with Crippen LogP contribution in [0.5, 0.6) is 0 Å². The smallest absolute Gasteiger partial charge is 0.191 e. The van der Waals surface area contributed by atoms with E-state index in [1.807, 2.05) is 0 Å². The summed E-state index contributed by atoms with van der Waals surface area (Å²) in [5, 5.41) is 6.69. The molecule has 5 heteroatoms. The molecule has 1 fully saturated rings. The monoisotopic (exact) mass is 284 g/mol. The molecule has 2 N–H and O–H groups in total. The largest absolute Gasteiger partial charge is 0.385 e. The first-order valence-electron chi connectivity index (χ1n) is 7.99. The highest BCUT2D eigenvalue weighted by Crippen LogP contribution is 2.21. The first kappa shape index (κ1) is 17.2. The van der Waals surface area contributed by atoms with E-state index in [0.29, 0.717) is 0 Å². The Morgan fingerprint density at radius 1 is 1.30 bits per heavy atom. The van der Waals surface area contributed by atoms with Crippen LogP contribution in [0.4, 0.5) is 0 Å². The minimum Gasteiger partial charge on any atom is -0.385 e. The standard InChI is InChI=1S/C15H32N4O/c1-4-16-15(17-10-7-13-20-3)18-11-12-19(2)14-8-5-6-9-14/h14H,4-13H2,1-3H3,(H2,16,17,18). The Hall–Kier alpha value is -0.810. The van der Waals surface area contributed by atoms with Gasteiger partial charge in [0.15, 0.2) is 5.96 Å². The predicted molar refractivity (Wildman–Crippen MR) is 85.4 cm³/mol. The first-order valence-corrected chi connectivity index (χ1v) is 7.99. The van der Waals surface area contributed by atoms with Crippen molar-refractivity contribution in [1.82, 2.24) is 15.5 Å². The SMILES string of the molecule is CCNC(=NCCCOC)NCCN(C)C1CCCC1. The maximum absolute atomic E-state index is 5.04. The van der Waals surface area contributed by atoms with Gasteiger partial charge in [-0.15, -0.1) is 0 Å². The Labute approximate surface area is 124 Å². The molecule has 118 valence electrons. The fraction of sp³-hybridized carbons (Fsp3) is 0.933. The van der Waals surface area contributed by atoms with Gasteiger partial charge in [-0.2, -0.15) is 0 Å². The topological polar surface area (TPSA) is 48.9 Å². The summed E-state index contributed by atoms with van der Waals surface area (Å²) in [5.74, 6) is 0.920. The van der Waals surface area contributed by atoms with Crippen LogP contribution in [-0.4, -0.2) is 63.8 Å². The summed E-state index contributed by atoms with van der Waals surface area (Å²) < 4.78 is 5.04. The van der Waals surface area contributed by atoms with Crippen molar-refractivity contribution in [1.29, 1.82) is 0 Å². The molecule has 0 amide bonds. The van der Waals surface area contributed by atoms with E-state index < -0.39 is 0 Å². The molecular formula is C15H32N4O. The molecule has 0 bridgehead atoms. The van der Waals surface area contributed by atoms with Gasteiger partial charge in [-0.05, 0) is 33.2 Å². The van der Waals surface area contributed by atoms with Crippen LogP contribution in [0.3, 0.4) is 0 Å². The molecule has 1 saturated carbocycles. The average Bonchev–Trinajstić information content (AvgIpc) is 2.97. The Kier molecular flexibility index (Phi) is 9.41. The minimum absolute atomic E-state index is 0.771. The van der Waals surface area contributed by atoms with Crippen molar-refractivity contribution in [2.45, 2.75) is 45.1 Å². The summed E-state index contributed by atoms with van der Waals surface area (Å²) in [6.45, 7) is 6.59. The number of hydrogen-bond donors (Lipinski definition) is 2. The van der Waals surface area contributed by atoms with E-state index in [2.05, 4.69) is 34.5 Å². The molecule has 1 rings (SSSR count).